The Labute approximate surface area is 105 Å². The lowest BCUT2D eigenvalue weighted by atomic mass is 10.2. The van der Waals surface area contributed by atoms with Gasteiger partial charge in [-0.15, -0.1) is 11.3 Å². The van der Waals surface area contributed by atoms with E-state index in [1.54, 1.807) is 24.5 Å². The quantitative estimate of drug-likeness (QED) is 0.945. The fourth-order valence-corrected chi connectivity index (χ4v) is 2.19. The first-order chi connectivity index (χ1) is 7.75. The van der Waals surface area contributed by atoms with Crippen molar-refractivity contribution in [2.45, 2.75) is 6.54 Å². The highest BCUT2D eigenvalue weighted by Gasteiger charge is 2.05. The molecular formula is C10H8BrN3OS. The van der Waals surface area contributed by atoms with Crippen LogP contribution in [-0.4, -0.2) is 15.9 Å². The molecule has 0 spiro atoms. The van der Waals surface area contributed by atoms with E-state index in [0.717, 1.165) is 9.61 Å². The molecule has 0 radical (unpaired) electrons. The second-order valence-electron chi connectivity index (χ2n) is 3.01. The molecule has 4 nitrogen and oxygen atoms in total. The minimum Gasteiger partial charge on any atom is -0.346 e. The minimum atomic E-state index is -0.119. The Morgan fingerprint density at radius 3 is 2.81 bits per heavy atom. The van der Waals surface area contributed by atoms with Gasteiger partial charge in [-0.25, -0.2) is 4.98 Å². The van der Waals surface area contributed by atoms with Gasteiger partial charge in [0.05, 0.1) is 12.2 Å². The Hall–Kier alpha value is -1.27. The van der Waals surface area contributed by atoms with E-state index >= 15 is 0 Å². The molecule has 2 rings (SSSR count). The summed E-state index contributed by atoms with van der Waals surface area (Å²) in [7, 11) is 0. The second kappa shape index (κ2) is 5.18. The zero-order chi connectivity index (χ0) is 11.4. The second-order valence-corrected chi connectivity index (χ2v) is 5.14. The number of nitrogens with zero attached hydrogens (tertiary/aromatic N) is 2. The Kier molecular flexibility index (Phi) is 3.63. The SMILES string of the molecule is O=C(NCc1csc(Br)n1)c1ccncc1. The average Bonchev–Trinajstić information content (AvgIpc) is 2.73. The van der Waals surface area contributed by atoms with Gasteiger partial charge < -0.3 is 5.32 Å². The van der Waals surface area contributed by atoms with Gasteiger partial charge in [-0.1, -0.05) is 0 Å². The van der Waals surface area contributed by atoms with Gasteiger partial charge in [0.15, 0.2) is 3.92 Å². The lowest BCUT2D eigenvalue weighted by Gasteiger charge is -2.02. The van der Waals surface area contributed by atoms with Crippen molar-refractivity contribution in [1.82, 2.24) is 15.3 Å². The van der Waals surface area contributed by atoms with Crippen LogP contribution in [0, 0.1) is 0 Å². The van der Waals surface area contributed by atoms with Crippen molar-refractivity contribution in [2.24, 2.45) is 0 Å². The van der Waals surface area contributed by atoms with Gasteiger partial charge in [0.25, 0.3) is 5.91 Å². The topological polar surface area (TPSA) is 54.9 Å². The van der Waals surface area contributed by atoms with Crippen molar-refractivity contribution in [3.05, 3.63) is 45.1 Å². The first-order valence-corrected chi connectivity index (χ1v) is 6.21. The monoisotopic (exact) mass is 297 g/mol. The molecule has 1 amide bonds. The highest BCUT2D eigenvalue weighted by Crippen LogP contribution is 2.15. The Morgan fingerprint density at radius 1 is 1.44 bits per heavy atom. The van der Waals surface area contributed by atoms with Gasteiger partial charge in [-0.2, -0.15) is 0 Å². The number of amides is 1. The predicted octanol–water partition coefficient (Wildman–Crippen LogP) is 2.23. The normalized spacial score (nSPS) is 10.1. The van der Waals surface area contributed by atoms with E-state index in [9.17, 15) is 4.79 Å². The van der Waals surface area contributed by atoms with E-state index in [2.05, 4.69) is 31.2 Å². The zero-order valence-corrected chi connectivity index (χ0v) is 10.6. The molecule has 0 fully saturated rings. The summed E-state index contributed by atoms with van der Waals surface area (Å²) in [5, 5.41) is 4.68. The number of hydrogen-bond donors (Lipinski definition) is 1. The van der Waals surface area contributed by atoms with E-state index in [1.165, 1.54) is 11.3 Å². The summed E-state index contributed by atoms with van der Waals surface area (Å²) in [4.78, 5) is 19.7. The number of hydrogen-bond acceptors (Lipinski definition) is 4. The van der Waals surface area contributed by atoms with Gasteiger partial charge in [0.1, 0.15) is 0 Å². The molecule has 16 heavy (non-hydrogen) atoms. The number of rotatable bonds is 3. The van der Waals surface area contributed by atoms with E-state index in [4.69, 9.17) is 0 Å². The van der Waals surface area contributed by atoms with Gasteiger partial charge in [-0.3, -0.25) is 9.78 Å². The number of carbonyl (C=O) groups is 1. The van der Waals surface area contributed by atoms with Gasteiger partial charge in [0, 0.05) is 23.3 Å². The van der Waals surface area contributed by atoms with Crippen LogP contribution in [0.1, 0.15) is 16.1 Å². The fraction of sp³-hybridized carbons (Fsp3) is 0.100. The summed E-state index contributed by atoms with van der Waals surface area (Å²) in [6.07, 6.45) is 3.18. The van der Waals surface area contributed by atoms with Crippen LogP contribution in [0.2, 0.25) is 0 Å². The molecule has 0 unspecified atom stereocenters. The molecule has 2 aromatic heterocycles. The predicted molar refractivity (Wildman–Crippen MR) is 65.2 cm³/mol. The minimum absolute atomic E-state index is 0.119. The summed E-state index contributed by atoms with van der Waals surface area (Å²) in [5.41, 5.74) is 1.45. The highest BCUT2D eigenvalue weighted by atomic mass is 79.9. The number of aromatic nitrogens is 2. The third-order valence-corrected chi connectivity index (χ3v) is 3.31. The van der Waals surface area contributed by atoms with E-state index < -0.39 is 0 Å². The van der Waals surface area contributed by atoms with Crippen LogP contribution in [0.4, 0.5) is 0 Å². The molecule has 82 valence electrons. The summed E-state index contributed by atoms with van der Waals surface area (Å²) >= 11 is 4.77. The lowest BCUT2D eigenvalue weighted by molar-refractivity contribution is 0.0950. The van der Waals surface area contributed by atoms with Crippen LogP contribution in [0.3, 0.4) is 0 Å². The number of nitrogens with one attached hydrogen (secondary N) is 1. The Bertz CT molecular complexity index is 486. The molecule has 0 atom stereocenters. The molecule has 0 aliphatic heterocycles. The molecule has 0 saturated heterocycles. The standard InChI is InChI=1S/C10H8BrN3OS/c11-10-14-8(6-16-10)5-13-9(15)7-1-3-12-4-2-7/h1-4,6H,5H2,(H,13,15). The molecule has 0 aliphatic rings. The summed E-state index contributed by atoms with van der Waals surface area (Å²) in [6.45, 7) is 0.434. The number of halogens is 1. The number of carbonyl (C=O) groups excluding carboxylic acids is 1. The molecule has 2 aromatic rings. The molecule has 0 bridgehead atoms. The van der Waals surface area contributed by atoms with Crippen LogP contribution in [0.15, 0.2) is 33.8 Å². The summed E-state index contributed by atoms with van der Waals surface area (Å²) in [5.74, 6) is -0.119. The maximum Gasteiger partial charge on any atom is 0.251 e. The summed E-state index contributed by atoms with van der Waals surface area (Å²) < 4.78 is 0.820. The molecular weight excluding hydrogens is 290 g/mol. The van der Waals surface area contributed by atoms with Gasteiger partial charge in [-0.05, 0) is 28.1 Å². The van der Waals surface area contributed by atoms with Crippen molar-refractivity contribution in [1.29, 1.82) is 0 Å². The van der Waals surface area contributed by atoms with Crippen LogP contribution in [0.25, 0.3) is 0 Å². The smallest absolute Gasteiger partial charge is 0.251 e. The van der Waals surface area contributed by atoms with Gasteiger partial charge in [0.2, 0.25) is 0 Å². The van der Waals surface area contributed by atoms with Crippen LogP contribution >= 0.6 is 27.3 Å². The van der Waals surface area contributed by atoms with Crippen LogP contribution in [-0.2, 0) is 6.54 Å². The molecule has 0 aromatic carbocycles. The van der Waals surface area contributed by atoms with Crippen molar-refractivity contribution in [2.75, 3.05) is 0 Å². The average molecular weight is 298 g/mol. The zero-order valence-electron chi connectivity index (χ0n) is 8.18. The molecule has 6 heteroatoms. The van der Waals surface area contributed by atoms with Gasteiger partial charge >= 0.3 is 0 Å². The first-order valence-electron chi connectivity index (χ1n) is 4.54. The van der Waals surface area contributed by atoms with E-state index in [1.807, 2.05) is 5.38 Å². The molecule has 0 saturated carbocycles. The number of thiazole rings is 1. The van der Waals surface area contributed by atoms with Crippen molar-refractivity contribution < 1.29 is 4.79 Å². The van der Waals surface area contributed by atoms with E-state index in [0.29, 0.717) is 12.1 Å². The third kappa shape index (κ3) is 2.86. The molecule has 0 aliphatic carbocycles. The fourth-order valence-electron chi connectivity index (χ4n) is 1.14. The van der Waals surface area contributed by atoms with Crippen molar-refractivity contribution >= 4 is 33.2 Å². The van der Waals surface area contributed by atoms with E-state index in [-0.39, 0.29) is 5.91 Å². The van der Waals surface area contributed by atoms with Crippen LogP contribution < -0.4 is 5.32 Å². The maximum absolute atomic E-state index is 11.6. The lowest BCUT2D eigenvalue weighted by Crippen LogP contribution is -2.22. The molecule has 2 heterocycles. The third-order valence-electron chi connectivity index (χ3n) is 1.90. The van der Waals surface area contributed by atoms with Crippen LogP contribution in [0.5, 0.6) is 0 Å². The molecule has 1 N–H and O–H groups in total. The highest BCUT2D eigenvalue weighted by molar-refractivity contribution is 9.11. The largest absolute Gasteiger partial charge is 0.346 e. The summed E-state index contributed by atoms with van der Waals surface area (Å²) in [6, 6.07) is 3.35. The number of pyridine rings is 1. The van der Waals surface area contributed by atoms with Crippen molar-refractivity contribution in [3.8, 4) is 0 Å². The van der Waals surface area contributed by atoms with Crippen molar-refractivity contribution in [3.63, 3.8) is 0 Å². The Balaban J connectivity index is 1.94. The maximum atomic E-state index is 11.6. The first kappa shape index (κ1) is 11.2. The Morgan fingerprint density at radius 2 is 2.19 bits per heavy atom.